The lowest BCUT2D eigenvalue weighted by atomic mass is 9.91. The highest BCUT2D eigenvalue weighted by Gasteiger charge is 2.38. The molecule has 0 aliphatic carbocycles. The highest BCUT2D eigenvalue weighted by atomic mass is 16.5. The first-order chi connectivity index (χ1) is 25.6. The molecule has 53 heavy (non-hydrogen) atoms. The zero-order valence-corrected chi connectivity index (χ0v) is 32.2. The van der Waals surface area contributed by atoms with Crippen molar-refractivity contribution in [2.45, 2.75) is 83.4 Å². The van der Waals surface area contributed by atoms with Crippen LogP contribution in [0.5, 0.6) is 34.5 Å². The lowest BCUT2D eigenvalue weighted by Crippen LogP contribution is -2.50. The lowest BCUT2D eigenvalue weighted by molar-refractivity contribution is -0.162. The number of rotatable bonds is 18. The Morgan fingerprint density at radius 2 is 1.51 bits per heavy atom. The molecule has 3 aromatic carbocycles. The fourth-order valence-electron chi connectivity index (χ4n) is 6.66. The fourth-order valence-corrected chi connectivity index (χ4v) is 6.66. The van der Waals surface area contributed by atoms with E-state index in [0.29, 0.717) is 77.9 Å². The highest BCUT2D eigenvalue weighted by Crippen LogP contribution is 2.41. The number of aryl methyl sites for hydroxylation is 1. The van der Waals surface area contributed by atoms with Crippen LogP contribution in [0, 0.1) is 0 Å². The molecular formula is C41H54N2O10. The summed E-state index contributed by atoms with van der Waals surface area (Å²) in [4.78, 5) is 42.5. The number of nitrogens with zero attached hydrogens (tertiary/aromatic N) is 1. The van der Waals surface area contributed by atoms with Crippen LogP contribution in [0.15, 0.2) is 54.6 Å². The Morgan fingerprint density at radius 1 is 0.811 bits per heavy atom. The largest absolute Gasteiger partial charge is 0.493 e. The molecular weight excluding hydrogens is 680 g/mol. The summed E-state index contributed by atoms with van der Waals surface area (Å²) in [5.41, 5.74) is 2.38. The Morgan fingerprint density at radius 3 is 2.13 bits per heavy atom. The standard InChI is InChI=1S/C41H54N2O10/c1-9-31(29-23-36(49-6)39(51-8)37(24-29)50-7)40(45)43-20-11-10-15-32(43)41(46)53-33(18-16-27-17-19-34(47-4)35(21-27)48-5)28-13-12-14-30(22-28)52-25-38(44)42-26(2)3/h12-14,17,19,21-24,26,31-33H,9-11,15-16,18,20,25H2,1-8H3,(H,42,44)/t31-,32-,33+/m0/s1. The van der Waals surface area contributed by atoms with Crippen LogP contribution < -0.4 is 33.7 Å². The number of amides is 2. The van der Waals surface area contributed by atoms with Gasteiger partial charge in [-0.1, -0.05) is 25.1 Å². The maximum absolute atomic E-state index is 14.3. The number of ether oxygens (including phenoxy) is 7. The van der Waals surface area contributed by atoms with Crippen molar-refractivity contribution >= 4 is 17.8 Å². The third-order valence-electron chi connectivity index (χ3n) is 9.30. The highest BCUT2D eigenvalue weighted by molar-refractivity contribution is 5.89. The van der Waals surface area contributed by atoms with E-state index in [0.717, 1.165) is 18.4 Å². The monoisotopic (exact) mass is 734 g/mol. The van der Waals surface area contributed by atoms with Gasteiger partial charge in [-0.05, 0) is 105 Å². The summed E-state index contributed by atoms with van der Waals surface area (Å²) in [6.45, 7) is 5.98. The van der Waals surface area contributed by atoms with E-state index < -0.39 is 24.0 Å². The molecule has 0 bridgehead atoms. The number of carbonyl (C=O) groups excluding carboxylic acids is 3. The molecule has 0 unspecified atom stereocenters. The van der Waals surface area contributed by atoms with Crippen LogP contribution in [-0.2, 0) is 25.5 Å². The predicted molar refractivity (Wildman–Crippen MR) is 200 cm³/mol. The summed E-state index contributed by atoms with van der Waals surface area (Å²) in [5.74, 6) is 1.59. The van der Waals surface area contributed by atoms with Gasteiger partial charge in [0.2, 0.25) is 11.7 Å². The van der Waals surface area contributed by atoms with E-state index in [9.17, 15) is 14.4 Å². The minimum atomic E-state index is -0.768. The molecule has 1 saturated heterocycles. The van der Waals surface area contributed by atoms with Crippen LogP contribution in [0.2, 0.25) is 0 Å². The van der Waals surface area contributed by atoms with E-state index in [1.54, 1.807) is 43.4 Å². The maximum Gasteiger partial charge on any atom is 0.329 e. The van der Waals surface area contributed by atoms with E-state index in [-0.39, 0.29) is 24.5 Å². The van der Waals surface area contributed by atoms with Gasteiger partial charge in [0.1, 0.15) is 17.9 Å². The fraction of sp³-hybridized carbons (Fsp3) is 0.488. The Bertz CT molecular complexity index is 1670. The number of likely N-dealkylation sites (tertiary alicyclic amines) is 1. The van der Waals surface area contributed by atoms with Gasteiger partial charge >= 0.3 is 5.97 Å². The van der Waals surface area contributed by atoms with Gasteiger partial charge in [-0.15, -0.1) is 0 Å². The van der Waals surface area contributed by atoms with E-state index in [4.69, 9.17) is 33.2 Å². The van der Waals surface area contributed by atoms with E-state index in [2.05, 4.69) is 5.32 Å². The van der Waals surface area contributed by atoms with Gasteiger partial charge in [0, 0.05) is 12.6 Å². The molecule has 1 aliphatic heterocycles. The van der Waals surface area contributed by atoms with Gasteiger partial charge in [0.15, 0.2) is 29.6 Å². The van der Waals surface area contributed by atoms with Crippen molar-refractivity contribution in [2.24, 2.45) is 0 Å². The minimum Gasteiger partial charge on any atom is -0.493 e. The summed E-state index contributed by atoms with van der Waals surface area (Å²) in [6, 6.07) is 15.7. The smallest absolute Gasteiger partial charge is 0.329 e. The second-order valence-corrected chi connectivity index (χ2v) is 13.2. The number of hydrogen-bond acceptors (Lipinski definition) is 10. The van der Waals surface area contributed by atoms with Crippen molar-refractivity contribution in [3.63, 3.8) is 0 Å². The van der Waals surface area contributed by atoms with Crippen LogP contribution in [0.4, 0.5) is 0 Å². The Hall–Kier alpha value is -5.13. The summed E-state index contributed by atoms with van der Waals surface area (Å²) < 4.78 is 39.7. The van der Waals surface area contributed by atoms with Crippen LogP contribution >= 0.6 is 0 Å². The van der Waals surface area contributed by atoms with Crippen LogP contribution in [0.25, 0.3) is 0 Å². The number of carbonyl (C=O) groups is 3. The minimum absolute atomic E-state index is 0.0153. The Balaban J connectivity index is 1.61. The third-order valence-corrected chi connectivity index (χ3v) is 9.30. The molecule has 288 valence electrons. The van der Waals surface area contributed by atoms with Crippen LogP contribution in [0.1, 0.15) is 81.6 Å². The number of piperidine rings is 1. The summed E-state index contributed by atoms with van der Waals surface area (Å²) in [7, 11) is 7.77. The average molecular weight is 735 g/mol. The van der Waals surface area contributed by atoms with Crippen molar-refractivity contribution in [3.8, 4) is 34.5 Å². The number of nitrogens with one attached hydrogen (secondary N) is 1. The number of esters is 1. The molecule has 2 amide bonds. The zero-order valence-electron chi connectivity index (χ0n) is 32.2. The second kappa shape index (κ2) is 19.6. The number of hydrogen-bond donors (Lipinski definition) is 1. The molecule has 1 aliphatic rings. The molecule has 0 aromatic heterocycles. The van der Waals surface area contributed by atoms with Gasteiger partial charge in [-0.25, -0.2) is 4.79 Å². The van der Waals surface area contributed by atoms with Crippen molar-refractivity contribution in [2.75, 3.05) is 48.7 Å². The summed E-state index contributed by atoms with van der Waals surface area (Å²) in [6.07, 6.45) is 2.82. The van der Waals surface area contributed by atoms with Gasteiger partial charge < -0.3 is 43.4 Å². The zero-order chi connectivity index (χ0) is 38.5. The summed E-state index contributed by atoms with van der Waals surface area (Å²) in [5, 5.41) is 2.82. The quantitative estimate of drug-likeness (QED) is 0.146. The van der Waals surface area contributed by atoms with Crippen molar-refractivity contribution < 1.29 is 47.5 Å². The molecule has 4 rings (SSSR count). The van der Waals surface area contributed by atoms with Gasteiger partial charge in [-0.2, -0.15) is 0 Å². The average Bonchev–Trinajstić information content (AvgIpc) is 3.17. The molecule has 1 heterocycles. The van der Waals surface area contributed by atoms with E-state index >= 15 is 0 Å². The van der Waals surface area contributed by atoms with Crippen molar-refractivity contribution in [1.82, 2.24) is 10.2 Å². The molecule has 12 nitrogen and oxygen atoms in total. The first-order valence-corrected chi connectivity index (χ1v) is 18.1. The van der Waals surface area contributed by atoms with Gasteiger partial charge in [0.05, 0.1) is 41.5 Å². The molecule has 3 aromatic rings. The SMILES string of the molecule is CC[C@H](C(=O)N1CCCC[C@H]1C(=O)O[C@H](CCc1ccc(OC)c(OC)c1)c1cccc(OCC(=O)NC(C)C)c1)c1cc(OC)c(OC)c(OC)c1. The van der Waals surface area contributed by atoms with Gasteiger partial charge in [0.25, 0.3) is 5.91 Å². The molecule has 0 radical (unpaired) electrons. The number of methoxy groups -OCH3 is 5. The molecule has 3 atom stereocenters. The van der Waals surface area contributed by atoms with E-state index in [1.807, 2.05) is 51.1 Å². The first-order valence-electron chi connectivity index (χ1n) is 18.1. The maximum atomic E-state index is 14.3. The van der Waals surface area contributed by atoms with Crippen molar-refractivity contribution in [3.05, 3.63) is 71.3 Å². The molecule has 0 spiro atoms. The molecule has 1 N–H and O–H groups in total. The van der Waals surface area contributed by atoms with Crippen molar-refractivity contribution in [1.29, 1.82) is 0 Å². The topological polar surface area (TPSA) is 131 Å². The Labute approximate surface area is 313 Å². The van der Waals surface area contributed by atoms with E-state index in [1.165, 1.54) is 21.3 Å². The number of benzene rings is 3. The van der Waals surface area contributed by atoms with Crippen LogP contribution in [0.3, 0.4) is 0 Å². The van der Waals surface area contributed by atoms with Crippen LogP contribution in [-0.4, -0.2) is 83.5 Å². The van der Waals surface area contributed by atoms with Gasteiger partial charge in [-0.3, -0.25) is 9.59 Å². The molecule has 0 saturated carbocycles. The first kappa shape index (κ1) is 40.6. The molecule has 1 fully saturated rings. The Kier molecular flexibility index (Phi) is 15.1. The summed E-state index contributed by atoms with van der Waals surface area (Å²) >= 11 is 0. The molecule has 12 heteroatoms. The second-order valence-electron chi connectivity index (χ2n) is 13.2. The predicted octanol–water partition coefficient (Wildman–Crippen LogP) is 6.43. The lowest BCUT2D eigenvalue weighted by Gasteiger charge is -2.37. The third kappa shape index (κ3) is 10.5. The normalized spacial score (nSPS) is 15.2.